The van der Waals surface area contributed by atoms with Gasteiger partial charge in [0.25, 0.3) is 0 Å². The SMILES string of the molecule is CC(=O)NC(Cc1cc(F)cc(F)c1)C(O)C1CC(C)(O)CC2(CCCCC2)N1.CCCCC. The van der Waals surface area contributed by atoms with Crippen molar-refractivity contribution in [1.29, 1.82) is 0 Å². The van der Waals surface area contributed by atoms with E-state index < -0.39 is 35.4 Å². The molecule has 3 rings (SSSR count). The van der Waals surface area contributed by atoms with Crippen LogP contribution in [0.3, 0.4) is 0 Å². The zero-order valence-corrected chi connectivity index (χ0v) is 21.3. The van der Waals surface area contributed by atoms with E-state index >= 15 is 0 Å². The summed E-state index contributed by atoms with van der Waals surface area (Å²) in [6.45, 7) is 7.56. The molecule has 1 saturated carbocycles. The van der Waals surface area contributed by atoms with E-state index in [1.54, 1.807) is 6.92 Å². The minimum absolute atomic E-state index is 0.0861. The van der Waals surface area contributed by atoms with Gasteiger partial charge >= 0.3 is 0 Å². The molecule has 1 saturated heterocycles. The van der Waals surface area contributed by atoms with Crippen LogP contribution in [0.15, 0.2) is 18.2 Å². The highest BCUT2D eigenvalue weighted by molar-refractivity contribution is 5.73. The number of rotatable bonds is 7. The largest absolute Gasteiger partial charge is 0.390 e. The fourth-order valence-electron chi connectivity index (χ4n) is 5.66. The summed E-state index contributed by atoms with van der Waals surface area (Å²) in [7, 11) is 0. The maximum Gasteiger partial charge on any atom is 0.217 e. The summed E-state index contributed by atoms with van der Waals surface area (Å²) in [4.78, 5) is 11.7. The third-order valence-corrected chi connectivity index (χ3v) is 6.98. The van der Waals surface area contributed by atoms with Gasteiger partial charge in [-0.1, -0.05) is 52.4 Å². The fraction of sp³-hybridized carbons (Fsp3) is 0.741. The maximum absolute atomic E-state index is 13.6. The number of carbonyl (C=O) groups is 1. The summed E-state index contributed by atoms with van der Waals surface area (Å²) in [5, 5.41) is 28.4. The summed E-state index contributed by atoms with van der Waals surface area (Å²) in [6, 6.07) is 2.03. The number of halogens is 2. The third kappa shape index (κ3) is 8.90. The maximum atomic E-state index is 13.6. The van der Waals surface area contributed by atoms with Gasteiger partial charge in [0.2, 0.25) is 5.91 Å². The normalized spacial score (nSPS) is 25.7. The Hall–Kier alpha value is -1.57. The molecule has 1 aromatic rings. The Morgan fingerprint density at radius 3 is 2.24 bits per heavy atom. The Morgan fingerprint density at radius 1 is 1.15 bits per heavy atom. The Kier molecular flexibility index (Phi) is 10.9. The van der Waals surface area contributed by atoms with Crippen molar-refractivity contribution in [1.82, 2.24) is 10.6 Å². The van der Waals surface area contributed by atoms with Gasteiger partial charge in [-0.2, -0.15) is 0 Å². The molecule has 0 bridgehead atoms. The second-order valence-electron chi connectivity index (χ2n) is 10.6. The van der Waals surface area contributed by atoms with Gasteiger partial charge in [0, 0.05) is 24.6 Å². The minimum atomic E-state index is -1.02. The van der Waals surface area contributed by atoms with E-state index in [2.05, 4.69) is 24.5 Å². The Balaban J connectivity index is 0.000000739. The van der Waals surface area contributed by atoms with Crippen LogP contribution in [0.25, 0.3) is 0 Å². The molecule has 1 aromatic carbocycles. The van der Waals surface area contributed by atoms with Crippen molar-refractivity contribution in [3.8, 4) is 0 Å². The average molecular weight is 483 g/mol. The van der Waals surface area contributed by atoms with Crippen LogP contribution in [0.4, 0.5) is 8.78 Å². The molecule has 4 unspecified atom stereocenters. The summed E-state index contributed by atoms with van der Waals surface area (Å²) in [5.74, 6) is -1.73. The lowest BCUT2D eigenvalue weighted by Crippen LogP contribution is -2.67. The first-order chi connectivity index (χ1) is 16.0. The Morgan fingerprint density at radius 2 is 1.74 bits per heavy atom. The molecule has 0 aromatic heterocycles. The van der Waals surface area contributed by atoms with Crippen LogP contribution in [0.5, 0.6) is 0 Å². The smallest absolute Gasteiger partial charge is 0.217 e. The summed E-state index contributed by atoms with van der Waals surface area (Å²) < 4.78 is 27.2. The van der Waals surface area contributed by atoms with Gasteiger partial charge in [-0.15, -0.1) is 0 Å². The van der Waals surface area contributed by atoms with Gasteiger partial charge in [-0.05, 0) is 56.7 Å². The second kappa shape index (κ2) is 12.9. The lowest BCUT2D eigenvalue weighted by atomic mass is 9.68. The first-order valence-corrected chi connectivity index (χ1v) is 12.9. The minimum Gasteiger partial charge on any atom is -0.390 e. The first-order valence-electron chi connectivity index (χ1n) is 12.9. The molecule has 0 radical (unpaired) electrons. The molecule has 2 fully saturated rings. The second-order valence-corrected chi connectivity index (χ2v) is 10.6. The van der Waals surface area contributed by atoms with Crippen molar-refractivity contribution in [2.75, 3.05) is 0 Å². The third-order valence-electron chi connectivity index (χ3n) is 6.98. The van der Waals surface area contributed by atoms with Gasteiger partial charge in [0.15, 0.2) is 0 Å². The highest BCUT2D eigenvalue weighted by atomic mass is 19.1. The number of unbranched alkanes of at least 4 members (excludes halogenated alkanes) is 2. The van der Waals surface area contributed by atoms with E-state index in [0.29, 0.717) is 18.4 Å². The number of hydrogen-bond acceptors (Lipinski definition) is 4. The van der Waals surface area contributed by atoms with Crippen LogP contribution < -0.4 is 10.6 Å². The molecule has 1 aliphatic heterocycles. The van der Waals surface area contributed by atoms with E-state index in [1.165, 1.54) is 44.7 Å². The van der Waals surface area contributed by atoms with Gasteiger partial charge in [-0.3, -0.25) is 4.79 Å². The van der Waals surface area contributed by atoms with Crippen LogP contribution in [-0.4, -0.2) is 45.4 Å². The molecule has 4 atom stereocenters. The summed E-state index contributed by atoms with van der Waals surface area (Å²) >= 11 is 0. The van der Waals surface area contributed by atoms with E-state index in [-0.39, 0.29) is 17.9 Å². The zero-order valence-electron chi connectivity index (χ0n) is 21.3. The van der Waals surface area contributed by atoms with Crippen LogP contribution in [-0.2, 0) is 11.2 Å². The summed E-state index contributed by atoms with van der Waals surface area (Å²) in [5.41, 5.74) is -0.799. The predicted octanol–water partition coefficient (Wildman–Crippen LogP) is 4.78. The van der Waals surface area contributed by atoms with Crippen LogP contribution in [0, 0.1) is 11.6 Å². The molecule has 5 nitrogen and oxygen atoms in total. The van der Waals surface area contributed by atoms with Gasteiger partial charge in [0.05, 0.1) is 17.7 Å². The molecule has 7 heteroatoms. The highest BCUT2D eigenvalue weighted by Gasteiger charge is 2.48. The van der Waals surface area contributed by atoms with Gasteiger partial charge < -0.3 is 20.8 Å². The van der Waals surface area contributed by atoms with E-state index in [9.17, 15) is 23.8 Å². The number of hydrogen-bond donors (Lipinski definition) is 4. The molecule has 1 heterocycles. The number of carbonyl (C=O) groups excluding carboxylic acids is 1. The number of amides is 1. The lowest BCUT2D eigenvalue weighted by molar-refractivity contribution is -0.121. The predicted molar refractivity (Wildman–Crippen MR) is 131 cm³/mol. The lowest BCUT2D eigenvalue weighted by Gasteiger charge is -2.52. The standard InChI is InChI=1S/C22H32F2N2O3.C5H12/c1-14(27)25-18(10-15-8-16(23)11-17(24)9-15)20(28)19-12-21(2,29)13-22(26-19)6-4-3-5-7-22;1-3-5-4-2/h8-9,11,18-20,26,28-29H,3-7,10,12-13H2,1-2H3,(H,25,27);3-5H2,1-2H3. The van der Waals surface area contributed by atoms with Crippen molar-refractivity contribution < 1.29 is 23.8 Å². The summed E-state index contributed by atoms with van der Waals surface area (Å²) in [6.07, 6.45) is 9.29. The van der Waals surface area contributed by atoms with Crippen molar-refractivity contribution in [2.45, 2.75) is 128 Å². The van der Waals surface area contributed by atoms with Crippen LogP contribution in [0.1, 0.15) is 97.5 Å². The van der Waals surface area contributed by atoms with E-state index in [4.69, 9.17) is 0 Å². The van der Waals surface area contributed by atoms with E-state index in [0.717, 1.165) is 31.7 Å². The molecule has 4 N–H and O–H groups in total. The topological polar surface area (TPSA) is 81.6 Å². The molecule has 1 aliphatic carbocycles. The Bertz CT molecular complexity index is 759. The molecule has 1 amide bonds. The number of benzene rings is 1. The van der Waals surface area contributed by atoms with Crippen molar-refractivity contribution >= 4 is 5.91 Å². The molecule has 34 heavy (non-hydrogen) atoms. The van der Waals surface area contributed by atoms with Crippen LogP contribution in [0.2, 0.25) is 0 Å². The van der Waals surface area contributed by atoms with Gasteiger partial charge in [0.1, 0.15) is 11.6 Å². The first kappa shape index (κ1) is 28.7. The number of aliphatic hydroxyl groups excluding tert-OH is 1. The zero-order chi connectivity index (χ0) is 25.4. The molecule has 194 valence electrons. The van der Waals surface area contributed by atoms with E-state index in [1.807, 2.05) is 0 Å². The van der Waals surface area contributed by atoms with Crippen molar-refractivity contribution in [2.24, 2.45) is 0 Å². The number of piperidine rings is 1. The Labute approximate surface area is 203 Å². The fourth-order valence-corrected chi connectivity index (χ4v) is 5.66. The van der Waals surface area contributed by atoms with Crippen molar-refractivity contribution in [3.05, 3.63) is 35.4 Å². The highest BCUT2D eigenvalue weighted by Crippen LogP contribution is 2.41. The number of aliphatic hydroxyl groups is 2. The average Bonchev–Trinajstić information content (AvgIpc) is 2.72. The molecular formula is C27H44F2N2O3. The molecular weight excluding hydrogens is 438 g/mol. The monoisotopic (exact) mass is 482 g/mol. The van der Waals surface area contributed by atoms with Crippen molar-refractivity contribution in [3.63, 3.8) is 0 Å². The quantitative estimate of drug-likeness (QED) is 0.451. The number of nitrogens with one attached hydrogen (secondary N) is 2. The van der Waals surface area contributed by atoms with Crippen LogP contribution >= 0.6 is 0 Å². The van der Waals surface area contributed by atoms with Gasteiger partial charge in [-0.25, -0.2) is 8.78 Å². The molecule has 1 spiro atoms. The molecule has 2 aliphatic rings.